The number of oxazole rings is 1. The van der Waals surface area contributed by atoms with E-state index in [1.807, 2.05) is 0 Å². The highest BCUT2D eigenvalue weighted by molar-refractivity contribution is 5.94. The molecule has 0 unspecified atom stereocenters. The van der Waals surface area contributed by atoms with E-state index in [1.54, 1.807) is 11.0 Å². The largest absolute Gasteiger partial charge is 0.484 e. The van der Waals surface area contributed by atoms with Crippen LogP contribution in [0.25, 0.3) is 0 Å². The molecule has 7 heteroatoms. The first kappa shape index (κ1) is 17.2. The molecule has 1 amide bonds. The molecule has 5 nitrogen and oxygen atoms in total. The monoisotopic (exact) mass is 370 g/mol. The number of aromatic nitrogens is 1. The van der Waals surface area contributed by atoms with Crippen molar-refractivity contribution in [1.29, 1.82) is 0 Å². The maximum Gasteiger partial charge on any atom is 0.254 e. The summed E-state index contributed by atoms with van der Waals surface area (Å²) in [6.07, 6.45) is 0.552. The number of benzene rings is 2. The molecule has 0 aliphatic carbocycles. The third-order valence-electron chi connectivity index (χ3n) is 4.31. The number of hydrogen-bond acceptors (Lipinski definition) is 4. The van der Waals surface area contributed by atoms with Crippen LogP contribution in [0.5, 0.6) is 5.75 Å². The smallest absolute Gasteiger partial charge is 0.254 e. The summed E-state index contributed by atoms with van der Waals surface area (Å²) in [6, 6.07) is 11.3. The van der Waals surface area contributed by atoms with Gasteiger partial charge in [0, 0.05) is 18.5 Å². The lowest BCUT2D eigenvalue weighted by Gasteiger charge is -2.25. The number of carbonyl (C=O) groups excluding carboxylic acids is 1. The number of hydrogen-bond donors (Lipinski definition) is 0. The molecular weight excluding hydrogens is 354 g/mol. The second kappa shape index (κ2) is 7.19. The van der Waals surface area contributed by atoms with Crippen LogP contribution in [0.15, 0.2) is 52.9 Å². The predicted molar refractivity (Wildman–Crippen MR) is 92.1 cm³/mol. The van der Waals surface area contributed by atoms with Crippen LogP contribution in [0.4, 0.5) is 8.78 Å². The zero-order valence-corrected chi connectivity index (χ0v) is 14.3. The number of rotatable bonds is 4. The molecule has 0 atom stereocenters. The molecule has 0 spiro atoms. The van der Waals surface area contributed by atoms with Gasteiger partial charge in [0.15, 0.2) is 6.61 Å². The van der Waals surface area contributed by atoms with Crippen molar-refractivity contribution in [1.82, 2.24) is 9.88 Å². The molecule has 0 N–H and O–H groups in total. The second-order valence-corrected chi connectivity index (χ2v) is 6.21. The van der Waals surface area contributed by atoms with Crippen molar-refractivity contribution >= 4 is 5.91 Å². The summed E-state index contributed by atoms with van der Waals surface area (Å²) in [5, 5.41) is 0. The van der Waals surface area contributed by atoms with Crippen LogP contribution in [0.2, 0.25) is 0 Å². The molecule has 2 aromatic carbocycles. The number of carbonyl (C=O) groups is 1. The lowest BCUT2D eigenvalue weighted by Crippen LogP contribution is -2.35. The van der Waals surface area contributed by atoms with Gasteiger partial charge in [-0.1, -0.05) is 6.07 Å². The Hall–Kier alpha value is -3.22. The molecule has 27 heavy (non-hydrogen) atoms. The van der Waals surface area contributed by atoms with Crippen molar-refractivity contribution in [3.05, 3.63) is 83.1 Å². The van der Waals surface area contributed by atoms with Gasteiger partial charge in [0.05, 0.1) is 12.2 Å². The summed E-state index contributed by atoms with van der Waals surface area (Å²) >= 11 is 0. The topological polar surface area (TPSA) is 55.6 Å². The van der Waals surface area contributed by atoms with Crippen LogP contribution >= 0.6 is 0 Å². The zero-order valence-electron chi connectivity index (χ0n) is 14.3. The van der Waals surface area contributed by atoms with Gasteiger partial charge in [-0.05, 0) is 42.5 Å². The highest BCUT2D eigenvalue weighted by Crippen LogP contribution is 2.23. The molecule has 4 rings (SSSR count). The van der Waals surface area contributed by atoms with Crippen molar-refractivity contribution in [2.45, 2.75) is 19.6 Å². The van der Waals surface area contributed by atoms with Gasteiger partial charge >= 0.3 is 0 Å². The van der Waals surface area contributed by atoms with Crippen molar-refractivity contribution < 1.29 is 22.7 Å². The average molecular weight is 370 g/mol. The Morgan fingerprint density at radius 2 is 1.96 bits per heavy atom. The average Bonchev–Trinajstić information content (AvgIpc) is 3.09. The Balaban J connectivity index is 1.42. The molecule has 0 fully saturated rings. The summed E-state index contributed by atoms with van der Waals surface area (Å²) in [5.74, 6) is 0.472. The van der Waals surface area contributed by atoms with Crippen molar-refractivity contribution in [2.75, 3.05) is 6.54 Å². The third-order valence-corrected chi connectivity index (χ3v) is 4.31. The standard InChI is InChI=1S/C20H16F2N2O3/c21-14-4-6-16(7-5-14)26-12-19-23-17-8-9-24(11-18(17)27-19)20(25)13-2-1-3-15(22)10-13/h1-7,10H,8-9,11-12H2. The minimum absolute atomic E-state index is 0.108. The molecule has 138 valence electrons. The predicted octanol–water partition coefficient (Wildman–Crippen LogP) is 3.73. The van der Waals surface area contributed by atoms with Gasteiger partial charge in [0.25, 0.3) is 5.91 Å². The molecule has 3 aromatic rings. The quantitative estimate of drug-likeness (QED) is 0.702. The van der Waals surface area contributed by atoms with Crippen LogP contribution in [-0.4, -0.2) is 22.3 Å². The summed E-state index contributed by atoms with van der Waals surface area (Å²) in [4.78, 5) is 18.6. The van der Waals surface area contributed by atoms with Crippen LogP contribution in [0, 0.1) is 11.6 Å². The third kappa shape index (κ3) is 3.81. The fraction of sp³-hybridized carbons (Fsp3) is 0.200. The molecule has 1 aliphatic heterocycles. The van der Waals surface area contributed by atoms with Gasteiger partial charge in [0.2, 0.25) is 5.89 Å². The number of halogens is 2. The molecule has 0 bridgehead atoms. The second-order valence-electron chi connectivity index (χ2n) is 6.21. The lowest BCUT2D eigenvalue weighted by atomic mass is 10.1. The van der Waals surface area contributed by atoms with Gasteiger partial charge in [-0.15, -0.1) is 0 Å². The fourth-order valence-electron chi connectivity index (χ4n) is 2.96. The van der Waals surface area contributed by atoms with Crippen molar-refractivity contribution in [2.24, 2.45) is 0 Å². The molecule has 0 saturated heterocycles. The van der Waals surface area contributed by atoms with Gasteiger partial charge in [-0.3, -0.25) is 4.79 Å². The Morgan fingerprint density at radius 1 is 1.15 bits per heavy atom. The normalized spacial score (nSPS) is 13.3. The molecule has 0 saturated carbocycles. The van der Waals surface area contributed by atoms with E-state index in [4.69, 9.17) is 9.15 Å². The van der Waals surface area contributed by atoms with Gasteiger partial charge in [-0.2, -0.15) is 0 Å². The van der Waals surface area contributed by atoms with E-state index in [0.29, 0.717) is 35.9 Å². The van der Waals surface area contributed by atoms with E-state index in [1.165, 1.54) is 42.5 Å². The number of ether oxygens (including phenoxy) is 1. The van der Waals surface area contributed by atoms with E-state index in [2.05, 4.69) is 4.98 Å². The highest BCUT2D eigenvalue weighted by Gasteiger charge is 2.26. The minimum atomic E-state index is -0.446. The number of nitrogens with zero attached hydrogens (tertiary/aromatic N) is 2. The molecule has 2 heterocycles. The Kier molecular flexibility index (Phi) is 4.58. The Morgan fingerprint density at radius 3 is 2.74 bits per heavy atom. The molecular formula is C20H16F2N2O3. The molecule has 1 aliphatic rings. The fourth-order valence-corrected chi connectivity index (χ4v) is 2.96. The maximum absolute atomic E-state index is 13.3. The van der Waals surface area contributed by atoms with E-state index in [-0.39, 0.29) is 24.9 Å². The minimum Gasteiger partial charge on any atom is -0.484 e. The van der Waals surface area contributed by atoms with Gasteiger partial charge < -0.3 is 14.1 Å². The summed E-state index contributed by atoms with van der Waals surface area (Å²) in [5.41, 5.74) is 1.09. The summed E-state index contributed by atoms with van der Waals surface area (Å²) in [6.45, 7) is 0.859. The van der Waals surface area contributed by atoms with Crippen LogP contribution in [-0.2, 0) is 19.6 Å². The van der Waals surface area contributed by atoms with Crippen molar-refractivity contribution in [3.63, 3.8) is 0 Å². The van der Waals surface area contributed by atoms with Gasteiger partial charge in [-0.25, -0.2) is 13.8 Å². The Bertz CT molecular complexity index is 970. The summed E-state index contributed by atoms with van der Waals surface area (Å²) < 4.78 is 37.5. The Labute approximate surface area is 154 Å². The van der Waals surface area contributed by atoms with E-state index < -0.39 is 5.82 Å². The molecule has 1 aromatic heterocycles. The zero-order chi connectivity index (χ0) is 18.8. The van der Waals surface area contributed by atoms with Crippen LogP contribution < -0.4 is 4.74 Å². The van der Waals surface area contributed by atoms with Gasteiger partial charge in [0.1, 0.15) is 23.1 Å². The van der Waals surface area contributed by atoms with E-state index in [9.17, 15) is 13.6 Å². The molecule has 0 radical (unpaired) electrons. The first-order valence-corrected chi connectivity index (χ1v) is 8.49. The number of amides is 1. The van der Waals surface area contributed by atoms with E-state index in [0.717, 1.165) is 5.69 Å². The SMILES string of the molecule is O=C(c1cccc(F)c1)N1CCc2nc(COc3ccc(F)cc3)oc2C1. The van der Waals surface area contributed by atoms with Crippen LogP contribution in [0.1, 0.15) is 27.7 Å². The van der Waals surface area contributed by atoms with E-state index >= 15 is 0 Å². The maximum atomic E-state index is 13.3. The highest BCUT2D eigenvalue weighted by atomic mass is 19.1. The summed E-state index contributed by atoms with van der Waals surface area (Å²) in [7, 11) is 0. The first-order chi connectivity index (χ1) is 13.1. The first-order valence-electron chi connectivity index (χ1n) is 8.49. The number of fused-ring (bicyclic) bond motifs is 1. The van der Waals surface area contributed by atoms with Crippen LogP contribution in [0.3, 0.4) is 0 Å². The van der Waals surface area contributed by atoms with Crippen molar-refractivity contribution in [3.8, 4) is 5.75 Å². The lowest BCUT2D eigenvalue weighted by molar-refractivity contribution is 0.0717.